The van der Waals surface area contributed by atoms with Gasteiger partial charge in [-0.2, -0.15) is 0 Å². The Morgan fingerprint density at radius 3 is 2.71 bits per heavy atom. The molecule has 1 aromatic carbocycles. The minimum atomic E-state index is -0.183. The lowest BCUT2D eigenvalue weighted by atomic mass is 10.0. The summed E-state index contributed by atoms with van der Waals surface area (Å²) >= 11 is 5.93. The highest BCUT2D eigenvalue weighted by atomic mass is 35.5. The van der Waals surface area contributed by atoms with Gasteiger partial charge in [-0.25, -0.2) is 4.39 Å². The largest absolute Gasteiger partial charge is 0.320 e. The fourth-order valence-electron chi connectivity index (χ4n) is 1.93. The Labute approximate surface area is 108 Å². The molecule has 1 N–H and O–H groups in total. The summed E-state index contributed by atoms with van der Waals surface area (Å²) in [5.41, 5.74) is 0.679. The number of halogens is 2. The quantitative estimate of drug-likeness (QED) is 0.789. The molecule has 1 unspecified atom stereocenters. The zero-order chi connectivity index (χ0) is 12.8. The van der Waals surface area contributed by atoms with Crippen molar-refractivity contribution in [1.29, 1.82) is 0 Å². The lowest BCUT2D eigenvalue weighted by Gasteiger charge is -2.25. The maximum Gasteiger partial charge on any atom is 0.128 e. The molecular weight excluding hydrogens is 239 g/mol. The van der Waals surface area contributed by atoms with E-state index < -0.39 is 0 Å². The van der Waals surface area contributed by atoms with E-state index >= 15 is 0 Å². The fraction of sp³-hybridized carbons (Fsp3) is 0.538. The maximum atomic E-state index is 13.8. The molecule has 0 spiro atoms. The van der Waals surface area contributed by atoms with Gasteiger partial charge in [-0.3, -0.25) is 0 Å². The van der Waals surface area contributed by atoms with Crippen molar-refractivity contribution >= 4 is 11.6 Å². The second-order valence-corrected chi connectivity index (χ2v) is 4.83. The van der Waals surface area contributed by atoms with E-state index in [2.05, 4.69) is 5.32 Å². The van der Waals surface area contributed by atoms with Crippen molar-refractivity contribution < 1.29 is 4.39 Å². The second-order valence-electron chi connectivity index (χ2n) is 4.39. The van der Waals surface area contributed by atoms with Gasteiger partial charge < -0.3 is 10.2 Å². The predicted molar refractivity (Wildman–Crippen MR) is 71.0 cm³/mol. The minimum Gasteiger partial charge on any atom is -0.320 e. The molecular formula is C13H20ClFN2. The van der Waals surface area contributed by atoms with Crippen LogP contribution in [-0.2, 0) is 0 Å². The molecule has 0 aliphatic rings. The van der Waals surface area contributed by atoms with Crippen molar-refractivity contribution in [3.63, 3.8) is 0 Å². The van der Waals surface area contributed by atoms with Gasteiger partial charge in [0.05, 0.1) is 0 Å². The molecule has 2 nitrogen and oxygen atoms in total. The zero-order valence-electron chi connectivity index (χ0n) is 10.6. The predicted octanol–water partition coefficient (Wildman–Crippen LogP) is 3.08. The molecule has 17 heavy (non-hydrogen) atoms. The molecule has 0 heterocycles. The van der Waals surface area contributed by atoms with E-state index in [1.807, 2.05) is 26.0 Å². The molecule has 0 radical (unpaired) electrons. The molecule has 0 aliphatic carbocycles. The zero-order valence-corrected chi connectivity index (χ0v) is 11.4. The summed E-state index contributed by atoms with van der Waals surface area (Å²) in [6.45, 7) is 0.937. The molecule has 0 fully saturated rings. The normalized spacial score (nSPS) is 13.1. The van der Waals surface area contributed by atoms with E-state index in [0.29, 0.717) is 10.6 Å². The average molecular weight is 259 g/mol. The van der Waals surface area contributed by atoms with E-state index in [9.17, 15) is 4.39 Å². The van der Waals surface area contributed by atoms with E-state index in [4.69, 9.17) is 11.6 Å². The summed E-state index contributed by atoms with van der Waals surface area (Å²) < 4.78 is 13.8. The molecule has 0 bridgehead atoms. The number of nitrogens with one attached hydrogen (secondary N) is 1. The van der Waals surface area contributed by atoms with Crippen LogP contribution in [0, 0.1) is 5.82 Å². The molecule has 0 aromatic heterocycles. The highest BCUT2D eigenvalue weighted by Gasteiger charge is 2.17. The van der Waals surface area contributed by atoms with Crippen LogP contribution in [0.2, 0.25) is 5.02 Å². The van der Waals surface area contributed by atoms with Crippen molar-refractivity contribution in [3.05, 3.63) is 34.6 Å². The third kappa shape index (κ3) is 4.26. The number of hydrogen-bond donors (Lipinski definition) is 1. The topological polar surface area (TPSA) is 15.3 Å². The summed E-state index contributed by atoms with van der Waals surface area (Å²) in [5.74, 6) is -0.183. The van der Waals surface area contributed by atoms with Crippen LogP contribution in [0.1, 0.15) is 24.4 Å². The smallest absolute Gasteiger partial charge is 0.128 e. The van der Waals surface area contributed by atoms with Gasteiger partial charge in [0.25, 0.3) is 0 Å². The second kappa shape index (κ2) is 6.94. The van der Waals surface area contributed by atoms with E-state index in [0.717, 1.165) is 19.4 Å². The third-order valence-corrected chi connectivity index (χ3v) is 3.08. The highest BCUT2D eigenvalue weighted by Crippen LogP contribution is 2.28. The van der Waals surface area contributed by atoms with Crippen molar-refractivity contribution in [1.82, 2.24) is 10.2 Å². The molecule has 1 aromatic rings. The standard InChI is InChI=1S/C13H20ClFN2/c1-16-8-4-5-13(17(2)3)11-9-10(14)6-7-12(11)15/h6-7,9,13,16H,4-5,8H2,1-3H3. The summed E-state index contributed by atoms with van der Waals surface area (Å²) in [4.78, 5) is 2.03. The summed E-state index contributed by atoms with van der Waals surface area (Å²) in [7, 11) is 5.85. The Morgan fingerprint density at radius 2 is 2.12 bits per heavy atom. The van der Waals surface area contributed by atoms with Crippen molar-refractivity contribution in [2.24, 2.45) is 0 Å². The van der Waals surface area contributed by atoms with Crippen LogP contribution < -0.4 is 5.32 Å². The van der Waals surface area contributed by atoms with Crippen LogP contribution in [0.5, 0.6) is 0 Å². The van der Waals surface area contributed by atoms with Crippen LogP contribution in [0.15, 0.2) is 18.2 Å². The number of benzene rings is 1. The van der Waals surface area contributed by atoms with Crippen LogP contribution in [-0.4, -0.2) is 32.6 Å². The first-order valence-corrected chi connectivity index (χ1v) is 6.20. The van der Waals surface area contributed by atoms with Gasteiger partial charge >= 0.3 is 0 Å². The molecule has 0 amide bonds. The van der Waals surface area contributed by atoms with E-state index in [1.54, 1.807) is 12.1 Å². The third-order valence-electron chi connectivity index (χ3n) is 2.84. The number of nitrogens with zero attached hydrogens (tertiary/aromatic N) is 1. The maximum absolute atomic E-state index is 13.8. The van der Waals surface area contributed by atoms with Crippen LogP contribution in [0.3, 0.4) is 0 Å². The first-order chi connectivity index (χ1) is 8.06. The molecule has 4 heteroatoms. The van der Waals surface area contributed by atoms with Crippen molar-refractivity contribution in [3.8, 4) is 0 Å². The van der Waals surface area contributed by atoms with Gasteiger partial charge in [-0.05, 0) is 58.7 Å². The number of rotatable bonds is 6. The van der Waals surface area contributed by atoms with Gasteiger partial charge in [-0.15, -0.1) is 0 Å². The molecule has 1 rings (SSSR count). The Kier molecular flexibility index (Phi) is 5.89. The van der Waals surface area contributed by atoms with Gasteiger partial charge in [0.2, 0.25) is 0 Å². The van der Waals surface area contributed by atoms with Crippen molar-refractivity contribution in [2.75, 3.05) is 27.7 Å². The summed E-state index contributed by atoms with van der Waals surface area (Å²) in [6.07, 6.45) is 1.91. The molecule has 1 atom stereocenters. The summed E-state index contributed by atoms with van der Waals surface area (Å²) in [6, 6.07) is 4.82. The average Bonchev–Trinajstić information content (AvgIpc) is 2.28. The molecule has 0 saturated heterocycles. The minimum absolute atomic E-state index is 0.0713. The van der Waals surface area contributed by atoms with Gasteiger partial charge in [0.1, 0.15) is 5.82 Å². The van der Waals surface area contributed by atoms with Crippen LogP contribution in [0.25, 0.3) is 0 Å². The van der Waals surface area contributed by atoms with Gasteiger partial charge in [0.15, 0.2) is 0 Å². The lowest BCUT2D eigenvalue weighted by Crippen LogP contribution is -2.22. The number of hydrogen-bond acceptors (Lipinski definition) is 2. The Bertz CT molecular complexity index is 355. The lowest BCUT2D eigenvalue weighted by molar-refractivity contribution is 0.272. The van der Waals surface area contributed by atoms with Crippen LogP contribution in [0.4, 0.5) is 4.39 Å². The molecule has 0 saturated carbocycles. The van der Waals surface area contributed by atoms with Gasteiger partial charge in [0, 0.05) is 16.6 Å². The highest BCUT2D eigenvalue weighted by molar-refractivity contribution is 6.30. The van der Waals surface area contributed by atoms with Crippen molar-refractivity contribution in [2.45, 2.75) is 18.9 Å². The Balaban J connectivity index is 2.85. The first-order valence-electron chi connectivity index (χ1n) is 5.82. The monoisotopic (exact) mass is 258 g/mol. The summed E-state index contributed by atoms with van der Waals surface area (Å²) in [5, 5.41) is 3.69. The Morgan fingerprint density at radius 1 is 1.41 bits per heavy atom. The SMILES string of the molecule is CNCCCC(c1cc(Cl)ccc1F)N(C)C. The van der Waals surface area contributed by atoms with E-state index in [-0.39, 0.29) is 11.9 Å². The van der Waals surface area contributed by atoms with Crippen LogP contribution >= 0.6 is 11.6 Å². The van der Waals surface area contributed by atoms with Gasteiger partial charge in [-0.1, -0.05) is 11.6 Å². The molecule has 96 valence electrons. The fourth-order valence-corrected chi connectivity index (χ4v) is 2.11. The Hall–Kier alpha value is -0.640. The first kappa shape index (κ1) is 14.4. The molecule has 0 aliphatic heterocycles. The van der Waals surface area contributed by atoms with E-state index in [1.165, 1.54) is 6.07 Å².